The summed E-state index contributed by atoms with van der Waals surface area (Å²) < 4.78 is 6.43. The van der Waals surface area contributed by atoms with E-state index in [4.69, 9.17) is 4.74 Å². The summed E-state index contributed by atoms with van der Waals surface area (Å²) in [5.41, 5.74) is 0.705. The first-order valence-electron chi connectivity index (χ1n) is 4.79. The van der Waals surface area contributed by atoms with Crippen LogP contribution in [0, 0.1) is 0 Å². The second-order valence-corrected chi connectivity index (χ2v) is 3.27. The van der Waals surface area contributed by atoms with Crippen LogP contribution in [0.15, 0.2) is 6.20 Å². The summed E-state index contributed by atoms with van der Waals surface area (Å²) in [6.45, 7) is 1.64. The molecule has 1 aromatic rings. The number of carbonyl (C=O) groups excluding carboxylic acids is 1. The second-order valence-electron chi connectivity index (χ2n) is 3.27. The van der Waals surface area contributed by atoms with Crippen LogP contribution in [0.2, 0.25) is 0 Å². The molecule has 1 rings (SSSR count). The van der Waals surface area contributed by atoms with Crippen molar-refractivity contribution >= 4 is 5.78 Å². The molecular formula is C9H16N4O2. The molecule has 6 nitrogen and oxygen atoms in total. The molecule has 0 radical (unpaired) electrons. The van der Waals surface area contributed by atoms with Crippen molar-refractivity contribution in [3.63, 3.8) is 0 Å². The lowest BCUT2D eigenvalue weighted by atomic mass is 10.2. The first kappa shape index (κ1) is 11.8. The number of carbonyl (C=O) groups is 1. The number of aromatic nitrogens is 3. The maximum atomic E-state index is 11.4. The molecule has 1 heterocycles. The average molecular weight is 212 g/mol. The molecule has 0 fully saturated rings. The van der Waals surface area contributed by atoms with Gasteiger partial charge >= 0.3 is 0 Å². The van der Waals surface area contributed by atoms with Gasteiger partial charge in [0.05, 0.1) is 25.3 Å². The zero-order chi connectivity index (χ0) is 11.1. The molecule has 6 heteroatoms. The molecule has 0 saturated heterocycles. The standard InChI is InChI=1S/C9H16N4O2/c1-13-7-8(11-12-13)5-9(14)6-10-3-4-15-2/h7,10H,3-6H2,1-2H3. The zero-order valence-corrected chi connectivity index (χ0v) is 9.06. The summed E-state index contributed by atoms with van der Waals surface area (Å²) in [4.78, 5) is 11.4. The predicted octanol–water partition coefficient (Wildman–Crippen LogP) is -0.837. The fraction of sp³-hybridized carbons (Fsp3) is 0.667. The van der Waals surface area contributed by atoms with Crippen LogP contribution < -0.4 is 5.32 Å². The van der Waals surface area contributed by atoms with Crippen LogP contribution in [0.4, 0.5) is 0 Å². The van der Waals surface area contributed by atoms with Gasteiger partial charge in [-0.15, -0.1) is 5.10 Å². The molecular weight excluding hydrogens is 196 g/mol. The Hall–Kier alpha value is -1.27. The van der Waals surface area contributed by atoms with Crippen LogP contribution in [0.3, 0.4) is 0 Å². The van der Waals surface area contributed by atoms with E-state index in [0.29, 0.717) is 31.8 Å². The fourth-order valence-corrected chi connectivity index (χ4v) is 1.14. The van der Waals surface area contributed by atoms with Gasteiger partial charge in [-0.25, -0.2) is 0 Å². The number of hydrogen-bond acceptors (Lipinski definition) is 5. The summed E-state index contributed by atoms with van der Waals surface area (Å²) in [6, 6.07) is 0. The first-order chi connectivity index (χ1) is 7.22. The number of methoxy groups -OCH3 is 1. The van der Waals surface area contributed by atoms with Gasteiger partial charge in [-0.05, 0) is 0 Å². The van der Waals surface area contributed by atoms with Crippen molar-refractivity contribution in [1.82, 2.24) is 20.3 Å². The largest absolute Gasteiger partial charge is 0.383 e. The lowest BCUT2D eigenvalue weighted by molar-refractivity contribution is -0.117. The van der Waals surface area contributed by atoms with E-state index in [1.165, 1.54) is 0 Å². The number of nitrogens with zero attached hydrogens (tertiary/aromatic N) is 3. The summed E-state index contributed by atoms with van der Waals surface area (Å²) in [7, 11) is 3.40. The Kier molecular flexibility index (Phi) is 4.92. The van der Waals surface area contributed by atoms with Gasteiger partial charge < -0.3 is 10.1 Å². The SMILES string of the molecule is COCCNCC(=O)Cc1cn(C)nn1. The van der Waals surface area contributed by atoms with Gasteiger partial charge in [0.1, 0.15) is 0 Å². The average Bonchev–Trinajstić information content (AvgIpc) is 2.59. The minimum absolute atomic E-state index is 0.103. The Bertz CT molecular complexity index is 311. The molecule has 15 heavy (non-hydrogen) atoms. The van der Waals surface area contributed by atoms with E-state index in [9.17, 15) is 4.79 Å². The Morgan fingerprint density at radius 1 is 1.67 bits per heavy atom. The quantitative estimate of drug-likeness (QED) is 0.597. The molecule has 0 amide bonds. The molecule has 84 valence electrons. The van der Waals surface area contributed by atoms with E-state index in [1.54, 1.807) is 25.0 Å². The van der Waals surface area contributed by atoms with Crippen LogP contribution >= 0.6 is 0 Å². The monoisotopic (exact) mass is 212 g/mol. The van der Waals surface area contributed by atoms with Crippen LogP contribution in [-0.4, -0.2) is 47.6 Å². The number of Topliss-reactive ketones (excluding diaryl/α,β-unsaturated/α-hetero) is 1. The molecule has 0 aromatic carbocycles. The van der Waals surface area contributed by atoms with E-state index in [1.807, 2.05) is 0 Å². The number of ketones is 1. The van der Waals surface area contributed by atoms with E-state index < -0.39 is 0 Å². The van der Waals surface area contributed by atoms with Gasteiger partial charge in [0, 0.05) is 26.9 Å². The third kappa shape index (κ3) is 4.66. The number of nitrogens with one attached hydrogen (secondary N) is 1. The molecule has 0 saturated carbocycles. The Labute approximate surface area is 88.6 Å². The van der Waals surface area contributed by atoms with Crippen LogP contribution in [0.1, 0.15) is 5.69 Å². The second kappa shape index (κ2) is 6.26. The molecule has 1 aromatic heterocycles. The van der Waals surface area contributed by atoms with E-state index in [0.717, 1.165) is 0 Å². The van der Waals surface area contributed by atoms with Crippen molar-refractivity contribution in [1.29, 1.82) is 0 Å². The topological polar surface area (TPSA) is 69.0 Å². The highest BCUT2D eigenvalue weighted by Crippen LogP contribution is 1.93. The summed E-state index contributed by atoms with van der Waals surface area (Å²) >= 11 is 0. The van der Waals surface area contributed by atoms with E-state index >= 15 is 0 Å². The van der Waals surface area contributed by atoms with Crippen molar-refractivity contribution in [3.8, 4) is 0 Å². The maximum absolute atomic E-state index is 11.4. The summed E-state index contributed by atoms with van der Waals surface area (Å²) in [6.07, 6.45) is 2.07. The minimum Gasteiger partial charge on any atom is -0.383 e. The Morgan fingerprint density at radius 3 is 3.07 bits per heavy atom. The molecule has 1 N–H and O–H groups in total. The third-order valence-electron chi connectivity index (χ3n) is 1.83. The zero-order valence-electron chi connectivity index (χ0n) is 9.06. The van der Waals surface area contributed by atoms with E-state index in [2.05, 4.69) is 15.6 Å². The number of rotatable bonds is 7. The highest BCUT2D eigenvalue weighted by atomic mass is 16.5. The number of hydrogen-bond donors (Lipinski definition) is 1. The van der Waals surface area contributed by atoms with Gasteiger partial charge in [0.25, 0.3) is 0 Å². The van der Waals surface area contributed by atoms with Gasteiger partial charge in [0.2, 0.25) is 0 Å². The van der Waals surface area contributed by atoms with Crippen LogP contribution in [-0.2, 0) is 23.0 Å². The van der Waals surface area contributed by atoms with Gasteiger partial charge in [-0.2, -0.15) is 0 Å². The molecule has 0 aliphatic rings. The van der Waals surface area contributed by atoms with Crippen molar-refractivity contribution in [3.05, 3.63) is 11.9 Å². The maximum Gasteiger partial charge on any atom is 0.152 e. The van der Waals surface area contributed by atoms with Gasteiger partial charge in [-0.3, -0.25) is 9.48 Å². The minimum atomic E-state index is 0.103. The van der Waals surface area contributed by atoms with Gasteiger partial charge in [0.15, 0.2) is 5.78 Å². The number of ether oxygens (including phenoxy) is 1. The smallest absolute Gasteiger partial charge is 0.152 e. The highest BCUT2D eigenvalue weighted by molar-refractivity contribution is 5.82. The van der Waals surface area contributed by atoms with Crippen molar-refractivity contribution in [2.75, 3.05) is 26.8 Å². The molecule has 0 spiro atoms. The van der Waals surface area contributed by atoms with Crippen molar-refractivity contribution in [2.24, 2.45) is 7.05 Å². The normalized spacial score (nSPS) is 10.5. The van der Waals surface area contributed by atoms with Crippen LogP contribution in [0.25, 0.3) is 0 Å². The lowest BCUT2D eigenvalue weighted by Gasteiger charge is -2.01. The molecule has 0 unspecified atom stereocenters. The molecule has 0 bridgehead atoms. The van der Waals surface area contributed by atoms with Crippen molar-refractivity contribution < 1.29 is 9.53 Å². The van der Waals surface area contributed by atoms with Crippen LogP contribution in [0.5, 0.6) is 0 Å². The van der Waals surface area contributed by atoms with Gasteiger partial charge in [-0.1, -0.05) is 5.21 Å². The molecule has 0 atom stereocenters. The summed E-state index contributed by atoms with van der Waals surface area (Å²) in [5, 5.41) is 10.6. The Morgan fingerprint density at radius 2 is 2.47 bits per heavy atom. The summed E-state index contributed by atoms with van der Waals surface area (Å²) in [5.74, 6) is 0.103. The first-order valence-corrected chi connectivity index (χ1v) is 4.79. The lowest BCUT2D eigenvalue weighted by Crippen LogP contribution is -2.27. The highest BCUT2D eigenvalue weighted by Gasteiger charge is 2.05. The van der Waals surface area contributed by atoms with Crippen molar-refractivity contribution in [2.45, 2.75) is 6.42 Å². The molecule has 0 aliphatic carbocycles. The third-order valence-corrected chi connectivity index (χ3v) is 1.83. The molecule has 0 aliphatic heterocycles. The fourth-order valence-electron chi connectivity index (χ4n) is 1.14. The number of aryl methyl sites for hydroxylation is 1. The van der Waals surface area contributed by atoms with E-state index in [-0.39, 0.29) is 5.78 Å². The Balaban J connectivity index is 2.18. The predicted molar refractivity (Wildman–Crippen MR) is 54.5 cm³/mol.